The second-order valence-electron chi connectivity index (χ2n) is 5.37. The highest BCUT2D eigenvalue weighted by molar-refractivity contribution is 5.48. The van der Waals surface area contributed by atoms with Crippen molar-refractivity contribution in [2.24, 2.45) is 0 Å². The van der Waals surface area contributed by atoms with Crippen molar-refractivity contribution in [3.05, 3.63) is 65.2 Å². The second-order valence-corrected chi connectivity index (χ2v) is 5.37. The van der Waals surface area contributed by atoms with Crippen LogP contribution < -0.4 is 5.32 Å². The van der Waals surface area contributed by atoms with Crippen LogP contribution in [0, 0.1) is 13.8 Å². The Morgan fingerprint density at radius 3 is 2.16 bits per heavy atom. The molecule has 2 aromatic carbocycles. The fourth-order valence-corrected chi connectivity index (χ4v) is 2.25. The first-order valence-electron chi connectivity index (χ1n) is 6.57. The summed E-state index contributed by atoms with van der Waals surface area (Å²) >= 11 is 0. The summed E-state index contributed by atoms with van der Waals surface area (Å²) in [4.78, 5) is 0. The van der Waals surface area contributed by atoms with Crippen LogP contribution >= 0.6 is 0 Å². The van der Waals surface area contributed by atoms with Crippen LogP contribution in [0.25, 0.3) is 0 Å². The molecule has 0 aromatic heterocycles. The quantitative estimate of drug-likeness (QED) is 0.874. The third kappa shape index (κ3) is 3.58. The van der Waals surface area contributed by atoms with Crippen LogP contribution in [0.4, 0.5) is 5.69 Å². The van der Waals surface area contributed by atoms with Crippen LogP contribution in [0.15, 0.2) is 48.5 Å². The Hall–Kier alpha value is -1.80. The van der Waals surface area contributed by atoms with Crippen molar-refractivity contribution in [1.29, 1.82) is 0 Å². The predicted molar refractivity (Wildman–Crippen MR) is 80.4 cm³/mol. The molecule has 0 aliphatic carbocycles. The highest BCUT2D eigenvalue weighted by atomic mass is 16.3. The van der Waals surface area contributed by atoms with E-state index in [9.17, 15) is 5.11 Å². The van der Waals surface area contributed by atoms with Gasteiger partial charge in [0.15, 0.2) is 0 Å². The lowest BCUT2D eigenvalue weighted by atomic mass is 9.96. The zero-order chi connectivity index (χ0) is 13.9. The Morgan fingerprint density at radius 1 is 1.00 bits per heavy atom. The molecule has 0 aliphatic heterocycles. The molecule has 100 valence electrons. The van der Waals surface area contributed by atoms with Gasteiger partial charge in [0.25, 0.3) is 0 Å². The molecule has 2 nitrogen and oxygen atoms in total. The van der Waals surface area contributed by atoms with E-state index in [1.807, 2.05) is 37.3 Å². The Balaban J connectivity index is 2.09. The van der Waals surface area contributed by atoms with Crippen LogP contribution in [-0.2, 0) is 5.60 Å². The highest BCUT2D eigenvalue weighted by Crippen LogP contribution is 2.22. The Labute approximate surface area is 115 Å². The van der Waals surface area contributed by atoms with E-state index < -0.39 is 5.60 Å². The van der Waals surface area contributed by atoms with Crippen LogP contribution in [0.1, 0.15) is 23.6 Å². The Kier molecular flexibility index (Phi) is 3.91. The Morgan fingerprint density at radius 2 is 1.58 bits per heavy atom. The lowest BCUT2D eigenvalue weighted by molar-refractivity contribution is 0.0715. The highest BCUT2D eigenvalue weighted by Gasteiger charge is 2.22. The summed E-state index contributed by atoms with van der Waals surface area (Å²) in [6, 6.07) is 16.1. The minimum atomic E-state index is -0.876. The van der Waals surface area contributed by atoms with E-state index in [0.717, 1.165) is 11.3 Å². The van der Waals surface area contributed by atoms with E-state index in [1.54, 1.807) is 0 Å². The molecule has 2 heteroatoms. The third-order valence-corrected chi connectivity index (χ3v) is 3.25. The van der Waals surface area contributed by atoms with Gasteiger partial charge in [-0.05, 0) is 49.6 Å². The molecular weight excluding hydrogens is 234 g/mol. The minimum absolute atomic E-state index is 0.486. The van der Waals surface area contributed by atoms with Gasteiger partial charge < -0.3 is 10.4 Å². The zero-order valence-electron chi connectivity index (χ0n) is 11.8. The fraction of sp³-hybridized carbons (Fsp3) is 0.294. The molecule has 1 unspecified atom stereocenters. The fourth-order valence-electron chi connectivity index (χ4n) is 2.25. The molecule has 0 saturated carbocycles. The van der Waals surface area contributed by atoms with E-state index in [1.165, 1.54) is 11.1 Å². The molecule has 0 aliphatic rings. The molecule has 0 amide bonds. The maximum Gasteiger partial charge on any atom is 0.104 e. The molecule has 0 heterocycles. The summed E-state index contributed by atoms with van der Waals surface area (Å²) in [5.41, 5.74) is 3.54. The largest absolute Gasteiger partial charge is 0.384 e. The van der Waals surface area contributed by atoms with Crippen molar-refractivity contribution >= 4 is 5.69 Å². The van der Waals surface area contributed by atoms with Crippen LogP contribution in [0.2, 0.25) is 0 Å². The van der Waals surface area contributed by atoms with Crippen molar-refractivity contribution in [3.8, 4) is 0 Å². The monoisotopic (exact) mass is 255 g/mol. The smallest absolute Gasteiger partial charge is 0.104 e. The summed E-state index contributed by atoms with van der Waals surface area (Å²) in [6.45, 7) is 6.47. The number of benzene rings is 2. The molecule has 2 rings (SSSR count). The summed E-state index contributed by atoms with van der Waals surface area (Å²) < 4.78 is 0. The van der Waals surface area contributed by atoms with E-state index in [2.05, 4.69) is 37.4 Å². The average molecular weight is 255 g/mol. The lowest BCUT2D eigenvalue weighted by Crippen LogP contribution is -2.30. The predicted octanol–water partition coefficient (Wildman–Crippen LogP) is 3.62. The molecule has 2 N–H and O–H groups in total. The van der Waals surface area contributed by atoms with Crippen molar-refractivity contribution in [3.63, 3.8) is 0 Å². The van der Waals surface area contributed by atoms with Crippen LogP contribution in [-0.4, -0.2) is 11.7 Å². The normalized spacial score (nSPS) is 13.9. The molecule has 0 radical (unpaired) electrons. The van der Waals surface area contributed by atoms with Gasteiger partial charge in [-0.3, -0.25) is 0 Å². The SMILES string of the molecule is Cc1cc(C)cc(NCC(C)(O)c2ccccc2)c1. The first-order valence-corrected chi connectivity index (χ1v) is 6.57. The van der Waals surface area contributed by atoms with Gasteiger partial charge in [0, 0.05) is 12.2 Å². The van der Waals surface area contributed by atoms with Crippen molar-refractivity contribution in [1.82, 2.24) is 0 Å². The summed E-state index contributed by atoms with van der Waals surface area (Å²) in [5, 5.41) is 13.8. The van der Waals surface area contributed by atoms with Crippen molar-refractivity contribution < 1.29 is 5.11 Å². The number of anilines is 1. The topological polar surface area (TPSA) is 32.3 Å². The van der Waals surface area contributed by atoms with Gasteiger partial charge in [-0.15, -0.1) is 0 Å². The molecule has 19 heavy (non-hydrogen) atoms. The maximum absolute atomic E-state index is 10.5. The average Bonchev–Trinajstić information content (AvgIpc) is 2.37. The van der Waals surface area contributed by atoms with E-state index in [-0.39, 0.29) is 0 Å². The van der Waals surface area contributed by atoms with Crippen molar-refractivity contribution in [2.45, 2.75) is 26.4 Å². The standard InChI is InChI=1S/C17H21NO/c1-13-9-14(2)11-16(10-13)18-12-17(3,19)15-7-5-4-6-8-15/h4-11,18-19H,12H2,1-3H3. The second kappa shape index (κ2) is 5.45. The maximum atomic E-state index is 10.5. The number of rotatable bonds is 4. The van der Waals surface area contributed by atoms with E-state index >= 15 is 0 Å². The van der Waals surface area contributed by atoms with Gasteiger partial charge in [0.2, 0.25) is 0 Å². The molecule has 0 fully saturated rings. The Bertz CT molecular complexity index is 526. The van der Waals surface area contributed by atoms with Gasteiger partial charge in [0.05, 0.1) is 0 Å². The van der Waals surface area contributed by atoms with Gasteiger partial charge >= 0.3 is 0 Å². The minimum Gasteiger partial charge on any atom is -0.384 e. The molecule has 1 atom stereocenters. The lowest BCUT2D eigenvalue weighted by Gasteiger charge is -2.25. The first kappa shape index (κ1) is 13.6. The summed E-state index contributed by atoms with van der Waals surface area (Å²) in [7, 11) is 0. The van der Waals surface area contributed by atoms with E-state index in [4.69, 9.17) is 0 Å². The number of aliphatic hydroxyl groups is 1. The number of hydrogen-bond acceptors (Lipinski definition) is 2. The van der Waals surface area contributed by atoms with Gasteiger partial charge in [0.1, 0.15) is 5.60 Å². The number of hydrogen-bond donors (Lipinski definition) is 2. The molecule has 0 bridgehead atoms. The summed E-state index contributed by atoms with van der Waals surface area (Å²) in [5.74, 6) is 0. The molecule has 0 spiro atoms. The first-order chi connectivity index (χ1) is 8.97. The molecule has 2 aromatic rings. The van der Waals surface area contributed by atoms with Gasteiger partial charge in [-0.2, -0.15) is 0 Å². The van der Waals surface area contributed by atoms with Crippen molar-refractivity contribution in [2.75, 3.05) is 11.9 Å². The summed E-state index contributed by atoms with van der Waals surface area (Å²) in [6.07, 6.45) is 0. The number of nitrogens with one attached hydrogen (secondary N) is 1. The van der Waals surface area contributed by atoms with Crippen LogP contribution in [0.3, 0.4) is 0 Å². The zero-order valence-corrected chi connectivity index (χ0v) is 11.8. The molecule has 0 saturated heterocycles. The van der Waals surface area contributed by atoms with Gasteiger partial charge in [-0.25, -0.2) is 0 Å². The van der Waals surface area contributed by atoms with Gasteiger partial charge in [-0.1, -0.05) is 36.4 Å². The number of aryl methyl sites for hydroxylation is 2. The molecular formula is C17H21NO. The van der Waals surface area contributed by atoms with E-state index in [0.29, 0.717) is 6.54 Å². The van der Waals surface area contributed by atoms with Crippen LogP contribution in [0.5, 0.6) is 0 Å². The third-order valence-electron chi connectivity index (χ3n) is 3.25.